The van der Waals surface area contributed by atoms with Gasteiger partial charge in [0.25, 0.3) is 0 Å². The fraction of sp³-hybridized carbons (Fsp3) is 0.417. The molecule has 0 spiro atoms. The fourth-order valence-electron chi connectivity index (χ4n) is 1.83. The Balaban J connectivity index is 0.00000128. The van der Waals surface area contributed by atoms with Crippen LogP contribution in [-0.4, -0.2) is 35.2 Å². The van der Waals surface area contributed by atoms with Gasteiger partial charge in [-0.1, -0.05) is 30.3 Å². The van der Waals surface area contributed by atoms with Gasteiger partial charge in [-0.2, -0.15) is 0 Å². The molecule has 1 aromatic rings. The van der Waals surface area contributed by atoms with Gasteiger partial charge in [-0.3, -0.25) is 4.99 Å². The third-order valence-electron chi connectivity index (χ3n) is 2.69. The molecule has 2 rings (SSSR count). The second kappa shape index (κ2) is 5.32. The van der Waals surface area contributed by atoms with Gasteiger partial charge < -0.3 is 10.0 Å². The molecule has 1 N–H and O–H groups in total. The summed E-state index contributed by atoms with van der Waals surface area (Å²) < 4.78 is 0. The Morgan fingerprint density at radius 2 is 2.06 bits per heavy atom. The largest absolute Gasteiger partial charge is 0.371 e. The number of nitrogens with zero attached hydrogens (tertiary/aromatic N) is 2. The van der Waals surface area contributed by atoms with E-state index in [1.54, 1.807) is 6.34 Å². The van der Waals surface area contributed by atoms with Gasteiger partial charge >= 0.3 is 0 Å². The lowest BCUT2D eigenvalue weighted by Crippen LogP contribution is -2.46. The standard InChI is InChI=1S/C12H16N2O.ClH/c1-12(15,14-8-7-13-10-14)9-11-5-3-2-4-6-11;/h2-6,10,15H,7-9H2,1H3;1H. The highest BCUT2D eigenvalue weighted by Crippen LogP contribution is 2.18. The molecule has 0 aliphatic carbocycles. The number of aliphatic hydroxyl groups is 1. The van der Waals surface area contributed by atoms with Crippen molar-refractivity contribution < 1.29 is 5.11 Å². The van der Waals surface area contributed by atoms with E-state index < -0.39 is 5.72 Å². The maximum atomic E-state index is 10.3. The molecule has 88 valence electrons. The van der Waals surface area contributed by atoms with E-state index in [9.17, 15) is 5.11 Å². The number of rotatable bonds is 3. The van der Waals surface area contributed by atoms with Gasteiger partial charge in [-0.25, -0.2) is 0 Å². The van der Waals surface area contributed by atoms with Crippen LogP contribution in [0.1, 0.15) is 12.5 Å². The average Bonchev–Trinajstić information content (AvgIpc) is 2.71. The zero-order valence-electron chi connectivity index (χ0n) is 9.34. The second-order valence-electron chi connectivity index (χ2n) is 4.09. The molecule has 16 heavy (non-hydrogen) atoms. The first kappa shape index (κ1) is 13.0. The van der Waals surface area contributed by atoms with Crippen molar-refractivity contribution in [1.82, 2.24) is 4.90 Å². The number of benzene rings is 1. The highest BCUT2D eigenvalue weighted by atomic mass is 35.5. The topological polar surface area (TPSA) is 35.8 Å². The lowest BCUT2D eigenvalue weighted by Gasteiger charge is -2.33. The van der Waals surface area contributed by atoms with Crippen molar-refractivity contribution in [2.24, 2.45) is 4.99 Å². The third-order valence-corrected chi connectivity index (χ3v) is 2.69. The Bertz CT molecular complexity index is 351. The molecule has 0 amide bonds. The van der Waals surface area contributed by atoms with Crippen molar-refractivity contribution in [2.45, 2.75) is 19.1 Å². The monoisotopic (exact) mass is 240 g/mol. The fourth-order valence-corrected chi connectivity index (χ4v) is 1.83. The normalized spacial score (nSPS) is 18.0. The zero-order valence-corrected chi connectivity index (χ0v) is 10.2. The van der Waals surface area contributed by atoms with Crippen molar-refractivity contribution in [3.8, 4) is 0 Å². The van der Waals surface area contributed by atoms with E-state index in [2.05, 4.69) is 4.99 Å². The molecule has 1 aliphatic rings. The summed E-state index contributed by atoms with van der Waals surface area (Å²) in [5.41, 5.74) is 0.309. The van der Waals surface area contributed by atoms with Crippen LogP contribution in [0.5, 0.6) is 0 Å². The number of hydrogen-bond donors (Lipinski definition) is 1. The Labute approximate surface area is 102 Å². The van der Waals surface area contributed by atoms with Crippen LogP contribution >= 0.6 is 12.4 Å². The zero-order chi connectivity index (χ0) is 10.7. The lowest BCUT2D eigenvalue weighted by atomic mass is 10.0. The van der Waals surface area contributed by atoms with Crippen molar-refractivity contribution >= 4 is 18.7 Å². The molecule has 3 nitrogen and oxygen atoms in total. The minimum atomic E-state index is -0.832. The van der Waals surface area contributed by atoms with Gasteiger partial charge in [0.05, 0.1) is 12.9 Å². The summed E-state index contributed by atoms with van der Waals surface area (Å²) in [7, 11) is 0. The molecule has 0 saturated heterocycles. The summed E-state index contributed by atoms with van der Waals surface area (Å²) in [5, 5.41) is 10.3. The van der Waals surface area contributed by atoms with Crippen LogP contribution in [0.2, 0.25) is 0 Å². The molecule has 0 aromatic heterocycles. The molecule has 1 heterocycles. The summed E-state index contributed by atoms with van der Waals surface area (Å²) in [6.45, 7) is 3.42. The first-order chi connectivity index (χ1) is 7.18. The van der Waals surface area contributed by atoms with Crippen molar-refractivity contribution in [3.63, 3.8) is 0 Å². The highest BCUT2D eigenvalue weighted by Gasteiger charge is 2.28. The van der Waals surface area contributed by atoms with Crippen LogP contribution in [-0.2, 0) is 6.42 Å². The van der Waals surface area contributed by atoms with Gasteiger partial charge in [0.2, 0.25) is 0 Å². The minimum Gasteiger partial charge on any atom is -0.371 e. The van der Waals surface area contributed by atoms with E-state index in [1.165, 1.54) is 0 Å². The summed E-state index contributed by atoms with van der Waals surface area (Å²) in [5.74, 6) is 0. The van der Waals surface area contributed by atoms with E-state index >= 15 is 0 Å². The van der Waals surface area contributed by atoms with Crippen molar-refractivity contribution in [2.75, 3.05) is 13.1 Å². The van der Waals surface area contributed by atoms with E-state index in [-0.39, 0.29) is 12.4 Å². The first-order valence-electron chi connectivity index (χ1n) is 5.21. The van der Waals surface area contributed by atoms with E-state index in [4.69, 9.17) is 0 Å². The first-order valence-corrected chi connectivity index (χ1v) is 5.21. The molecule has 1 unspecified atom stereocenters. The van der Waals surface area contributed by atoms with E-state index in [0.717, 1.165) is 18.7 Å². The molecule has 0 saturated carbocycles. The van der Waals surface area contributed by atoms with Gasteiger partial charge in [-0.05, 0) is 12.5 Å². The maximum absolute atomic E-state index is 10.3. The van der Waals surface area contributed by atoms with Crippen molar-refractivity contribution in [3.05, 3.63) is 35.9 Å². The van der Waals surface area contributed by atoms with Crippen LogP contribution in [0.25, 0.3) is 0 Å². The molecule has 4 heteroatoms. The van der Waals surface area contributed by atoms with Crippen LogP contribution in [0.3, 0.4) is 0 Å². The summed E-state index contributed by atoms with van der Waals surface area (Å²) in [6.07, 6.45) is 2.36. The Morgan fingerprint density at radius 3 is 2.62 bits per heavy atom. The van der Waals surface area contributed by atoms with Gasteiger partial charge in [0.15, 0.2) is 0 Å². The maximum Gasteiger partial charge on any atom is 0.139 e. The van der Waals surface area contributed by atoms with E-state index in [0.29, 0.717) is 6.42 Å². The van der Waals surface area contributed by atoms with Crippen LogP contribution < -0.4 is 0 Å². The van der Waals surface area contributed by atoms with Crippen LogP contribution in [0.4, 0.5) is 0 Å². The number of aliphatic imine (C=N–C) groups is 1. The number of hydrogen-bond acceptors (Lipinski definition) is 3. The summed E-state index contributed by atoms with van der Waals surface area (Å²) in [6, 6.07) is 10.0. The molecule has 0 radical (unpaired) electrons. The number of halogens is 1. The highest BCUT2D eigenvalue weighted by molar-refractivity contribution is 5.85. The molecule has 0 bridgehead atoms. The Hall–Kier alpha value is -1.06. The molecular formula is C12H17ClN2O. The smallest absolute Gasteiger partial charge is 0.139 e. The summed E-state index contributed by atoms with van der Waals surface area (Å²) >= 11 is 0. The predicted octanol–water partition coefficient (Wildman–Crippen LogP) is 1.70. The molecule has 1 aliphatic heterocycles. The van der Waals surface area contributed by atoms with Crippen LogP contribution in [0, 0.1) is 0 Å². The quantitative estimate of drug-likeness (QED) is 0.873. The summed E-state index contributed by atoms with van der Waals surface area (Å²) in [4.78, 5) is 6.00. The van der Waals surface area contributed by atoms with Crippen LogP contribution in [0.15, 0.2) is 35.3 Å². The molecule has 0 fully saturated rings. The Morgan fingerprint density at radius 1 is 1.38 bits per heavy atom. The van der Waals surface area contributed by atoms with Gasteiger partial charge in [-0.15, -0.1) is 12.4 Å². The SMILES string of the molecule is CC(O)(Cc1ccccc1)N1C=NCC1.Cl. The molecule has 1 aromatic carbocycles. The average molecular weight is 241 g/mol. The Kier molecular flexibility index (Phi) is 4.33. The van der Waals surface area contributed by atoms with Gasteiger partial charge in [0.1, 0.15) is 5.72 Å². The third kappa shape index (κ3) is 2.97. The molecular weight excluding hydrogens is 224 g/mol. The molecule has 1 atom stereocenters. The van der Waals surface area contributed by atoms with Gasteiger partial charge in [0, 0.05) is 13.0 Å². The second-order valence-corrected chi connectivity index (χ2v) is 4.09. The predicted molar refractivity (Wildman–Crippen MR) is 68.1 cm³/mol. The minimum absolute atomic E-state index is 0. The van der Waals surface area contributed by atoms with Crippen molar-refractivity contribution in [1.29, 1.82) is 0 Å². The lowest BCUT2D eigenvalue weighted by molar-refractivity contribution is -0.0444. The van der Waals surface area contributed by atoms with E-state index in [1.807, 2.05) is 42.2 Å².